The minimum Gasteiger partial charge on any atom is -0.388 e. The van der Waals surface area contributed by atoms with Crippen LogP contribution in [0.5, 0.6) is 0 Å². The number of benzene rings is 1. The van der Waals surface area contributed by atoms with Gasteiger partial charge in [0.1, 0.15) is 0 Å². The van der Waals surface area contributed by atoms with E-state index in [1.165, 1.54) is 10.4 Å². The number of hydrogen-bond acceptors (Lipinski definition) is 3. The summed E-state index contributed by atoms with van der Waals surface area (Å²) in [5.41, 5.74) is 4.15. The lowest BCUT2D eigenvalue weighted by Crippen LogP contribution is -2.22. The molecule has 0 spiro atoms. The van der Waals surface area contributed by atoms with E-state index in [-0.39, 0.29) is 5.91 Å². The van der Waals surface area contributed by atoms with Crippen molar-refractivity contribution in [2.24, 2.45) is 0 Å². The molecule has 0 fully saturated rings. The Bertz CT molecular complexity index is 604. The second kappa shape index (κ2) is 6.57. The summed E-state index contributed by atoms with van der Waals surface area (Å²) in [4.78, 5) is 13.4. The molecule has 0 bridgehead atoms. The fourth-order valence-corrected chi connectivity index (χ4v) is 3.10. The SMILES string of the molecule is CCc1ccsc1CNC(=O)c1ccc(NC)c(C)c1. The number of carbonyl (C=O) groups excluding carboxylic acids is 1. The molecule has 0 aliphatic rings. The van der Waals surface area contributed by atoms with Gasteiger partial charge >= 0.3 is 0 Å². The number of rotatable bonds is 5. The van der Waals surface area contributed by atoms with Crippen LogP contribution in [0.1, 0.15) is 33.3 Å². The summed E-state index contributed by atoms with van der Waals surface area (Å²) >= 11 is 1.70. The van der Waals surface area contributed by atoms with E-state index in [1.54, 1.807) is 11.3 Å². The van der Waals surface area contributed by atoms with Crippen molar-refractivity contribution in [2.75, 3.05) is 12.4 Å². The fourth-order valence-electron chi connectivity index (χ4n) is 2.19. The van der Waals surface area contributed by atoms with Crippen LogP contribution in [0.2, 0.25) is 0 Å². The normalized spacial score (nSPS) is 10.3. The van der Waals surface area contributed by atoms with Crippen LogP contribution in [0, 0.1) is 6.92 Å². The Balaban J connectivity index is 2.03. The third-order valence-electron chi connectivity index (χ3n) is 3.39. The maximum Gasteiger partial charge on any atom is 0.251 e. The maximum absolute atomic E-state index is 12.2. The molecule has 1 amide bonds. The highest BCUT2D eigenvalue weighted by Gasteiger charge is 2.09. The van der Waals surface area contributed by atoms with Gasteiger partial charge in [0.25, 0.3) is 5.91 Å². The summed E-state index contributed by atoms with van der Waals surface area (Å²) in [5, 5.41) is 8.17. The van der Waals surface area contributed by atoms with Gasteiger partial charge in [-0.15, -0.1) is 11.3 Å². The minimum absolute atomic E-state index is 0.0220. The Morgan fingerprint density at radius 2 is 2.10 bits per heavy atom. The number of aryl methyl sites for hydroxylation is 2. The average molecular weight is 288 g/mol. The van der Waals surface area contributed by atoms with Crippen molar-refractivity contribution in [3.63, 3.8) is 0 Å². The van der Waals surface area contributed by atoms with Crippen LogP contribution in [0.25, 0.3) is 0 Å². The molecule has 1 aromatic heterocycles. The molecular weight excluding hydrogens is 268 g/mol. The largest absolute Gasteiger partial charge is 0.388 e. The average Bonchev–Trinajstić information content (AvgIpc) is 2.92. The zero-order chi connectivity index (χ0) is 14.5. The van der Waals surface area contributed by atoms with Crippen LogP contribution in [0.15, 0.2) is 29.6 Å². The standard InChI is InChI=1S/C16H20N2OS/c1-4-12-7-8-20-15(12)10-18-16(19)13-5-6-14(17-3)11(2)9-13/h5-9,17H,4,10H2,1-3H3,(H,18,19). The topological polar surface area (TPSA) is 41.1 Å². The fraction of sp³-hybridized carbons (Fsp3) is 0.312. The van der Waals surface area contributed by atoms with Crippen LogP contribution >= 0.6 is 11.3 Å². The number of carbonyl (C=O) groups is 1. The van der Waals surface area contributed by atoms with Gasteiger partial charge in [-0.25, -0.2) is 0 Å². The molecule has 0 aliphatic heterocycles. The monoisotopic (exact) mass is 288 g/mol. The Labute approximate surface area is 124 Å². The minimum atomic E-state index is -0.0220. The second-order valence-electron chi connectivity index (χ2n) is 4.68. The number of nitrogens with one attached hydrogen (secondary N) is 2. The molecule has 0 saturated carbocycles. The van der Waals surface area contributed by atoms with Crippen LogP contribution in [0.3, 0.4) is 0 Å². The van der Waals surface area contributed by atoms with Gasteiger partial charge < -0.3 is 10.6 Å². The van der Waals surface area contributed by atoms with Crippen LogP contribution in [0.4, 0.5) is 5.69 Å². The smallest absolute Gasteiger partial charge is 0.251 e. The van der Waals surface area contributed by atoms with E-state index in [4.69, 9.17) is 0 Å². The molecule has 20 heavy (non-hydrogen) atoms. The quantitative estimate of drug-likeness (QED) is 0.882. The first kappa shape index (κ1) is 14.6. The molecule has 0 saturated heterocycles. The zero-order valence-electron chi connectivity index (χ0n) is 12.1. The second-order valence-corrected chi connectivity index (χ2v) is 5.69. The Morgan fingerprint density at radius 3 is 2.75 bits per heavy atom. The molecule has 2 rings (SSSR count). The highest BCUT2D eigenvalue weighted by Crippen LogP contribution is 2.18. The van der Waals surface area contributed by atoms with Gasteiger partial charge in [0.15, 0.2) is 0 Å². The Hall–Kier alpha value is -1.81. The van der Waals surface area contributed by atoms with Crippen LogP contribution < -0.4 is 10.6 Å². The summed E-state index contributed by atoms with van der Waals surface area (Å²) in [6.45, 7) is 4.73. The molecule has 106 valence electrons. The number of anilines is 1. The highest BCUT2D eigenvalue weighted by molar-refractivity contribution is 7.10. The van der Waals surface area contributed by atoms with Crippen molar-refractivity contribution >= 4 is 22.9 Å². The summed E-state index contributed by atoms with van der Waals surface area (Å²) < 4.78 is 0. The summed E-state index contributed by atoms with van der Waals surface area (Å²) in [6.07, 6.45) is 1.00. The molecule has 2 aromatic rings. The molecule has 0 aliphatic carbocycles. The molecule has 1 aromatic carbocycles. The number of amides is 1. The van der Waals surface area contributed by atoms with Crippen LogP contribution in [-0.2, 0) is 13.0 Å². The lowest BCUT2D eigenvalue weighted by atomic mass is 10.1. The first-order valence-electron chi connectivity index (χ1n) is 6.77. The zero-order valence-corrected chi connectivity index (χ0v) is 12.9. The molecular formula is C16H20N2OS. The third-order valence-corrected chi connectivity index (χ3v) is 4.35. The molecule has 0 radical (unpaired) electrons. The highest BCUT2D eigenvalue weighted by atomic mass is 32.1. The maximum atomic E-state index is 12.2. The summed E-state index contributed by atoms with van der Waals surface area (Å²) in [5.74, 6) is -0.0220. The molecule has 0 atom stereocenters. The van der Waals surface area contributed by atoms with Gasteiger partial charge in [-0.1, -0.05) is 6.92 Å². The molecule has 3 nitrogen and oxygen atoms in total. The first-order chi connectivity index (χ1) is 9.65. The van der Waals surface area contributed by atoms with Gasteiger partial charge in [0.2, 0.25) is 0 Å². The van der Waals surface area contributed by atoms with E-state index in [0.29, 0.717) is 12.1 Å². The lowest BCUT2D eigenvalue weighted by Gasteiger charge is -2.09. The molecule has 4 heteroatoms. The Kier molecular flexibility index (Phi) is 4.79. The first-order valence-corrected chi connectivity index (χ1v) is 7.65. The van der Waals surface area contributed by atoms with Gasteiger partial charge in [-0.2, -0.15) is 0 Å². The van der Waals surface area contributed by atoms with Gasteiger partial charge in [-0.05, 0) is 54.1 Å². The van der Waals surface area contributed by atoms with Crippen molar-refractivity contribution in [3.05, 3.63) is 51.2 Å². The van der Waals surface area contributed by atoms with E-state index < -0.39 is 0 Å². The van der Waals surface area contributed by atoms with Crippen molar-refractivity contribution in [1.29, 1.82) is 0 Å². The van der Waals surface area contributed by atoms with E-state index >= 15 is 0 Å². The van der Waals surface area contributed by atoms with E-state index in [9.17, 15) is 4.79 Å². The summed E-state index contributed by atoms with van der Waals surface area (Å²) in [6, 6.07) is 7.82. The van der Waals surface area contributed by atoms with Gasteiger partial charge in [0, 0.05) is 23.2 Å². The van der Waals surface area contributed by atoms with Gasteiger partial charge in [0.05, 0.1) is 6.54 Å². The van der Waals surface area contributed by atoms with Crippen molar-refractivity contribution < 1.29 is 4.79 Å². The molecule has 0 unspecified atom stereocenters. The lowest BCUT2D eigenvalue weighted by molar-refractivity contribution is 0.0951. The van der Waals surface area contributed by atoms with Crippen molar-refractivity contribution in [1.82, 2.24) is 5.32 Å². The van der Waals surface area contributed by atoms with E-state index in [1.807, 2.05) is 32.2 Å². The van der Waals surface area contributed by atoms with Crippen LogP contribution in [-0.4, -0.2) is 13.0 Å². The van der Waals surface area contributed by atoms with E-state index in [2.05, 4.69) is 29.0 Å². The van der Waals surface area contributed by atoms with Gasteiger partial charge in [-0.3, -0.25) is 4.79 Å². The number of hydrogen-bond donors (Lipinski definition) is 2. The molecule has 2 N–H and O–H groups in total. The van der Waals surface area contributed by atoms with Crippen molar-refractivity contribution in [3.8, 4) is 0 Å². The summed E-state index contributed by atoms with van der Waals surface area (Å²) in [7, 11) is 1.88. The van der Waals surface area contributed by atoms with E-state index in [0.717, 1.165) is 17.7 Å². The molecule has 1 heterocycles. The third kappa shape index (κ3) is 3.20. The van der Waals surface area contributed by atoms with Crippen molar-refractivity contribution in [2.45, 2.75) is 26.8 Å². The Morgan fingerprint density at radius 1 is 1.30 bits per heavy atom. The number of thiophene rings is 1. The predicted molar refractivity (Wildman–Crippen MR) is 85.6 cm³/mol. The predicted octanol–water partition coefficient (Wildman–Crippen LogP) is 3.59.